The van der Waals surface area contributed by atoms with Crippen molar-refractivity contribution in [2.75, 3.05) is 0 Å². The van der Waals surface area contributed by atoms with E-state index in [4.69, 9.17) is 9.47 Å². The predicted molar refractivity (Wildman–Crippen MR) is 123 cm³/mol. The van der Waals surface area contributed by atoms with E-state index in [1.807, 2.05) is 36.4 Å². The fourth-order valence-electron chi connectivity index (χ4n) is 3.71. The summed E-state index contributed by atoms with van der Waals surface area (Å²) in [6.45, 7) is 9.06. The van der Waals surface area contributed by atoms with Gasteiger partial charge >= 0.3 is 0 Å². The van der Waals surface area contributed by atoms with Gasteiger partial charge in [-0.2, -0.15) is 0 Å². The van der Waals surface area contributed by atoms with Crippen LogP contribution >= 0.6 is 15.9 Å². The average molecular weight is 453 g/mol. The summed E-state index contributed by atoms with van der Waals surface area (Å²) in [5.41, 5.74) is 10.2. The van der Waals surface area contributed by atoms with Gasteiger partial charge in [-0.1, -0.05) is 76.6 Å². The second kappa shape index (κ2) is 10.7. The quantitative estimate of drug-likeness (QED) is 0.327. The highest BCUT2D eigenvalue weighted by molar-refractivity contribution is 9.08. The third-order valence-electron chi connectivity index (χ3n) is 5.57. The predicted octanol–water partition coefficient (Wildman–Crippen LogP) is 6.94. The lowest BCUT2D eigenvalue weighted by Gasteiger charge is -2.22. The normalized spacial score (nSPS) is 11.0. The Bertz CT molecular complexity index is 848. The number of rotatable bonds is 9. The maximum Gasteiger partial charge on any atom is 0.0726 e. The molecule has 0 atom stereocenters. The van der Waals surface area contributed by atoms with Crippen molar-refractivity contribution >= 4 is 15.9 Å². The zero-order chi connectivity index (χ0) is 20.6. The maximum atomic E-state index is 6.08. The molecule has 0 N–H and O–H groups in total. The molecule has 0 radical (unpaired) electrons. The van der Waals surface area contributed by atoms with E-state index in [1.165, 1.54) is 44.5 Å². The lowest BCUT2D eigenvalue weighted by atomic mass is 9.89. The summed E-state index contributed by atoms with van der Waals surface area (Å²) in [5.74, 6) is 0. The lowest BCUT2D eigenvalue weighted by molar-refractivity contribution is 0.102. The third kappa shape index (κ3) is 5.57. The fourth-order valence-corrected chi connectivity index (χ4v) is 4.56. The van der Waals surface area contributed by atoms with Gasteiger partial charge in [0.1, 0.15) is 0 Å². The molecule has 3 heteroatoms. The molecular formula is C26H29BrO2. The number of halogens is 1. The van der Waals surface area contributed by atoms with Gasteiger partial charge in [0.2, 0.25) is 0 Å². The minimum Gasteiger partial charge on any atom is -0.372 e. The molecular weight excluding hydrogens is 424 g/mol. The van der Waals surface area contributed by atoms with Crippen LogP contribution in [0.1, 0.15) is 44.5 Å². The van der Waals surface area contributed by atoms with Gasteiger partial charge in [-0.15, -0.1) is 0 Å². The molecule has 0 aliphatic heterocycles. The Balaban J connectivity index is 1.75. The molecule has 0 spiro atoms. The second-order valence-corrected chi connectivity index (χ2v) is 7.96. The van der Waals surface area contributed by atoms with Crippen LogP contribution in [-0.4, -0.2) is 0 Å². The largest absolute Gasteiger partial charge is 0.372 e. The van der Waals surface area contributed by atoms with Crippen LogP contribution in [0.5, 0.6) is 0 Å². The standard InChI is InChI=1S/C26H29BrO2/c1-19-24(14-27)20(2)26(18-29-16-23-12-8-5-9-13-23)21(3)25(19)17-28-15-22-10-6-4-7-11-22/h4-13H,14-18H2,1-3H3. The lowest BCUT2D eigenvalue weighted by Crippen LogP contribution is -2.09. The third-order valence-corrected chi connectivity index (χ3v) is 6.13. The van der Waals surface area contributed by atoms with E-state index in [2.05, 4.69) is 61.0 Å². The molecule has 0 saturated heterocycles. The van der Waals surface area contributed by atoms with Gasteiger partial charge in [-0.3, -0.25) is 0 Å². The number of alkyl halides is 1. The van der Waals surface area contributed by atoms with Crippen LogP contribution < -0.4 is 0 Å². The molecule has 0 fully saturated rings. The first-order chi connectivity index (χ1) is 14.1. The molecule has 0 saturated carbocycles. The molecule has 0 bridgehead atoms. The van der Waals surface area contributed by atoms with Gasteiger partial charge in [-0.05, 0) is 65.3 Å². The van der Waals surface area contributed by atoms with Crippen LogP contribution in [0, 0.1) is 20.8 Å². The maximum absolute atomic E-state index is 6.08. The van der Waals surface area contributed by atoms with Crippen molar-refractivity contribution in [1.82, 2.24) is 0 Å². The van der Waals surface area contributed by atoms with Crippen molar-refractivity contribution in [3.63, 3.8) is 0 Å². The van der Waals surface area contributed by atoms with Crippen LogP contribution in [0.4, 0.5) is 0 Å². The summed E-state index contributed by atoms with van der Waals surface area (Å²) in [7, 11) is 0. The highest BCUT2D eigenvalue weighted by Crippen LogP contribution is 2.30. The molecule has 0 aromatic heterocycles. The molecule has 3 rings (SSSR count). The zero-order valence-corrected chi connectivity index (χ0v) is 19.1. The number of hydrogen-bond acceptors (Lipinski definition) is 2. The molecule has 2 nitrogen and oxygen atoms in total. The monoisotopic (exact) mass is 452 g/mol. The molecule has 3 aromatic rings. The minimum atomic E-state index is 0.610. The van der Waals surface area contributed by atoms with Crippen LogP contribution in [0.15, 0.2) is 60.7 Å². The Kier molecular flexibility index (Phi) is 8.05. The Morgan fingerprint density at radius 2 is 0.931 bits per heavy atom. The number of hydrogen-bond donors (Lipinski definition) is 0. The van der Waals surface area contributed by atoms with E-state index in [-0.39, 0.29) is 0 Å². The van der Waals surface area contributed by atoms with Crippen LogP contribution in [0.2, 0.25) is 0 Å². The van der Waals surface area contributed by atoms with E-state index < -0.39 is 0 Å². The van der Waals surface area contributed by atoms with E-state index in [1.54, 1.807) is 0 Å². The molecule has 3 aromatic carbocycles. The summed E-state index contributed by atoms with van der Waals surface area (Å²) in [6, 6.07) is 20.6. The summed E-state index contributed by atoms with van der Waals surface area (Å²) >= 11 is 3.68. The Morgan fingerprint density at radius 1 is 0.552 bits per heavy atom. The Labute approximate surface area is 183 Å². The van der Waals surface area contributed by atoms with Gasteiger partial charge < -0.3 is 9.47 Å². The number of benzene rings is 3. The highest BCUT2D eigenvalue weighted by atomic mass is 79.9. The summed E-state index contributed by atoms with van der Waals surface area (Å²) in [5, 5.41) is 0.836. The molecule has 29 heavy (non-hydrogen) atoms. The first-order valence-electron chi connectivity index (χ1n) is 10.0. The van der Waals surface area contributed by atoms with Crippen LogP contribution in [0.3, 0.4) is 0 Å². The zero-order valence-electron chi connectivity index (χ0n) is 17.5. The SMILES string of the molecule is Cc1c(CBr)c(C)c(COCc2ccccc2)c(C)c1COCc1ccccc1. The number of ether oxygens (including phenoxy) is 2. The van der Waals surface area contributed by atoms with Crippen molar-refractivity contribution in [3.05, 3.63) is 105 Å². The van der Waals surface area contributed by atoms with Crippen molar-refractivity contribution < 1.29 is 9.47 Å². The van der Waals surface area contributed by atoms with E-state index >= 15 is 0 Å². The van der Waals surface area contributed by atoms with Gasteiger partial charge in [0.05, 0.1) is 26.4 Å². The molecule has 152 valence electrons. The first kappa shape index (κ1) is 21.8. The Morgan fingerprint density at radius 3 is 1.31 bits per heavy atom. The van der Waals surface area contributed by atoms with Gasteiger partial charge in [0.15, 0.2) is 0 Å². The minimum absolute atomic E-state index is 0.610. The van der Waals surface area contributed by atoms with Crippen molar-refractivity contribution in [3.8, 4) is 0 Å². The highest BCUT2D eigenvalue weighted by Gasteiger charge is 2.17. The fraction of sp³-hybridized carbons (Fsp3) is 0.308. The molecule has 0 aliphatic carbocycles. The van der Waals surface area contributed by atoms with Crippen molar-refractivity contribution in [2.45, 2.75) is 52.5 Å². The Hall–Kier alpha value is -1.94. The molecule has 0 amide bonds. The van der Waals surface area contributed by atoms with E-state index in [0.29, 0.717) is 26.4 Å². The van der Waals surface area contributed by atoms with Gasteiger partial charge in [0.25, 0.3) is 0 Å². The second-order valence-electron chi connectivity index (χ2n) is 7.40. The van der Waals surface area contributed by atoms with Crippen molar-refractivity contribution in [1.29, 1.82) is 0 Å². The van der Waals surface area contributed by atoms with Crippen molar-refractivity contribution in [2.24, 2.45) is 0 Å². The van der Waals surface area contributed by atoms with E-state index in [0.717, 1.165) is 5.33 Å². The summed E-state index contributed by atoms with van der Waals surface area (Å²) in [4.78, 5) is 0. The molecule has 0 heterocycles. The first-order valence-corrected chi connectivity index (χ1v) is 11.1. The topological polar surface area (TPSA) is 18.5 Å². The summed E-state index contributed by atoms with van der Waals surface area (Å²) in [6.07, 6.45) is 0. The summed E-state index contributed by atoms with van der Waals surface area (Å²) < 4.78 is 12.2. The van der Waals surface area contributed by atoms with E-state index in [9.17, 15) is 0 Å². The smallest absolute Gasteiger partial charge is 0.0726 e. The van der Waals surface area contributed by atoms with Crippen LogP contribution in [0.25, 0.3) is 0 Å². The van der Waals surface area contributed by atoms with Gasteiger partial charge in [0, 0.05) is 5.33 Å². The van der Waals surface area contributed by atoms with Crippen LogP contribution in [-0.2, 0) is 41.2 Å². The van der Waals surface area contributed by atoms with Gasteiger partial charge in [-0.25, -0.2) is 0 Å². The molecule has 0 aliphatic rings. The molecule has 0 unspecified atom stereocenters. The average Bonchev–Trinajstić information content (AvgIpc) is 2.75.